The van der Waals surface area contributed by atoms with Gasteiger partial charge in [-0.2, -0.15) is 0 Å². The second-order valence-corrected chi connectivity index (χ2v) is 4.64. The van der Waals surface area contributed by atoms with Crippen LogP contribution < -0.4 is 5.56 Å². The molecule has 21 heavy (non-hydrogen) atoms. The normalized spacial score (nSPS) is 12.1. The van der Waals surface area contributed by atoms with Crippen LogP contribution in [0, 0.1) is 12.7 Å². The molecular weight excluding hydrogens is 277 g/mol. The van der Waals surface area contributed by atoms with Crippen molar-refractivity contribution in [1.29, 1.82) is 0 Å². The second-order valence-electron chi connectivity index (χ2n) is 4.64. The van der Waals surface area contributed by atoms with E-state index < -0.39 is 30.0 Å². The number of pyridine rings is 1. The van der Waals surface area contributed by atoms with Gasteiger partial charge in [0, 0.05) is 6.20 Å². The Morgan fingerprint density at radius 3 is 2.43 bits per heavy atom. The first-order valence-electron chi connectivity index (χ1n) is 6.27. The van der Waals surface area contributed by atoms with Gasteiger partial charge in [-0.15, -0.1) is 0 Å². The molecule has 1 aromatic carbocycles. The average Bonchev–Trinajstić information content (AvgIpc) is 2.43. The first-order valence-corrected chi connectivity index (χ1v) is 6.27. The van der Waals surface area contributed by atoms with E-state index >= 15 is 0 Å². The largest absolute Gasteiger partial charge is 0.477 e. The van der Waals surface area contributed by atoms with Crippen molar-refractivity contribution in [2.75, 3.05) is 6.61 Å². The van der Waals surface area contributed by atoms with Gasteiger partial charge in [0.25, 0.3) is 5.56 Å². The van der Waals surface area contributed by atoms with Gasteiger partial charge in [0.05, 0.1) is 12.6 Å². The van der Waals surface area contributed by atoms with E-state index in [-0.39, 0.29) is 5.56 Å². The van der Waals surface area contributed by atoms with Crippen LogP contribution in [0.2, 0.25) is 0 Å². The Morgan fingerprint density at radius 2 is 1.90 bits per heavy atom. The molecule has 2 aromatic rings. The van der Waals surface area contributed by atoms with Crippen molar-refractivity contribution in [3.05, 3.63) is 69.4 Å². The van der Waals surface area contributed by atoms with Crippen LogP contribution in [0.3, 0.4) is 0 Å². The summed E-state index contributed by atoms with van der Waals surface area (Å²) in [6.45, 7) is 1.12. The number of aliphatic hydroxyl groups is 1. The number of aromatic nitrogens is 1. The van der Waals surface area contributed by atoms with Crippen molar-refractivity contribution >= 4 is 5.97 Å². The third kappa shape index (κ3) is 2.85. The maximum atomic E-state index is 12.9. The highest BCUT2D eigenvalue weighted by Gasteiger charge is 2.20. The highest BCUT2D eigenvalue weighted by atomic mass is 19.1. The summed E-state index contributed by atoms with van der Waals surface area (Å²) in [5.74, 6) is -1.75. The van der Waals surface area contributed by atoms with E-state index in [1.165, 1.54) is 43.5 Å². The highest BCUT2D eigenvalue weighted by Crippen LogP contribution is 2.17. The summed E-state index contributed by atoms with van der Waals surface area (Å²) in [5, 5.41) is 18.6. The first-order chi connectivity index (χ1) is 9.95. The lowest BCUT2D eigenvalue weighted by molar-refractivity contribution is 0.0693. The number of carbonyl (C=O) groups is 1. The van der Waals surface area contributed by atoms with Crippen molar-refractivity contribution in [3.8, 4) is 0 Å². The number of carboxylic acids is 1. The van der Waals surface area contributed by atoms with Gasteiger partial charge in [-0.1, -0.05) is 12.1 Å². The smallest absolute Gasteiger partial charge is 0.341 e. The van der Waals surface area contributed by atoms with Crippen molar-refractivity contribution in [2.45, 2.75) is 13.0 Å². The second kappa shape index (κ2) is 5.88. The Kier molecular flexibility index (Phi) is 4.18. The van der Waals surface area contributed by atoms with Gasteiger partial charge in [0.2, 0.25) is 0 Å². The lowest BCUT2D eigenvalue weighted by atomic mass is 10.1. The molecule has 0 bridgehead atoms. The molecule has 1 aromatic heterocycles. The standard InChI is InChI=1S/C15H14FNO4/c1-9-6-7-17(14(19)13(9)15(20)21)12(8-18)10-2-4-11(16)5-3-10/h2-7,12,18H,8H2,1H3,(H,20,21). The minimum absolute atomic E-state index is 0.335. The minimum atomic E-state index is -1.32. The van der Waals surface area contributed by atoms with E-state index in [1.807, 2.05) is 0 Å². The zero-order chi connectivity index (χ0) is 15.6. The summed E-state index contributed by atoms with van der Waals surface area (Å²) >= 11 is 0. The fourth-order valence-electron chi connectivity index (χ4n) is 2.19. The number of benzene rings is 1. The number of halogens is 1. The lowest BCUT2D eigenvalue weighted by Gasteiger charge is -2.19. The summed E-state index contributed by atoms with van der Waals surface area (Å²) in [7, 11) is 0. The highest BCUT2D eigenvalue weighted by molar-refractivity contribution is 5.88. The number of hydrogen-bond acceptors (Lipinski definition) is 3. The van der Waals surface area contributed by atoms with Crippen LogP contribution in [-0.4, -0.2) is 27.4 Å². The summed E-state index contributed by atoms with van der Waals surface area (Å²) in [5.41, 5.74) is -0.176. The zero-order valence-corrected chi connectivity index (χ0v) is 11.3. The fourth-order valence-corrected chi connectivity index (χ4v) is 2.19. The molecule has 0 spiro atoms. The predicted octanol–water partition coefficient (Wildman–Crippen LogP) is 1.58. The zero-order valence-electron chi connectivity index (χ0n) is 11.3. The Bertz CT molecular complexity index is 721. The lowest BCUT2D eigenvalue weighted by Crippen LogP contribution is -2.32. The summed E-state index contributed by atoms with van der Waals surface area (Å²) < 4.78 is 14.1. The van der Waals surface area contributed by atoms with Crippen LogP contribution in [0.25, 0.3) is 0 Å². The Balaban J connectivity index is 2.58. The molecule has 0 aliphatic rings. The molecule has 0 saturated carbocycles. The maximum Gasteiger partial charge on any atom is 0.341 e. The van der Waals surface area contributed by atoms with Crippen molar-refractivity contribution in [3.63, 3.8) is 0 Å². The van der Waals surface area contributed by atoms with Gasteiger partial charge < -0.3 is 14.8 Å². The fraction of sp³-hybridized carbons (Fsp3) is 0.200. The topological polar surface area (TPSA) is 79.5 Å². The van der Waals surface area contributed by atoms with E-state index in [4.69, 9.17) is 5.11 Å². The third-order valence-electron chi connectivity index (χ3n) is 3.31. The molecule has 6 heteroatoms. The number of hydrogen-bond donors (Lipinski definition) is 2. The average molecular weight is 291 g/mol. The molecule has 1 unspecified atom stereocenters. The van der Waals surface area contributed by atoms with Crippen LogP contribution in [0.15, 0.2) is 41.3 Å². The molecule has 5 nitrogen and oxygen atoms in total. The van der Waals surface area contributed by atoms with Crippen LogP contribution >= 0.6 is 0 Å². The Labute approximate surface area is 119 Å². The van der Waals surface area contributed by atoms with Crippen molar-refractivity contribution < 1.29 is 19.4 Å². The molecule has 2 N–H and O–H groups in total. The first kappa shape index (κ1) is 14.9. The molecule has 1 atom stereocenters. The van der Waals surface area contributed by atoms with Gasteiger partial charge in [-0.3, -0.25) is 4.79 Å². The van der Waals surface area contributed by atoms with E-state index in [9.17, 15) is 19.1 Å². The van der Waals surface area contributed by atoms with Crippen LogP contribution in [0.4, 0.5) is 4.39 Å². The molecule has 0 amide bonds. The number of nitrogens with zero attached hydrogens (tertiary/aromatic N) is 1. The molecule has 110 valence electrons. The number of carboxylic acid groups (broad SMARTS) is 1. The molecule has 1 heterocycles. The van der Waals surface area contributed by atoms with Crippen LogP contribution in [0.1, 0.15) is 27.5 Å². The monoisotopic (exact) mass is 291 g/mol. The molecule has 0 fully saturated rings. The number of rotatable bonds is 4. The van der Waals surface area contributed by atoms with Crippen molar-refractivity contribution in [1.82, 2.24) is 4.57 Å². The van der Waals surface area contributed by atoms with Gasteiger partial charge >= 0.3 is 5.97 Å². The van der Waals surface area contributed by atoms with E-state index in [0.29, 0.717) is 11.1 Å². The molecule has 0 radical (unpaired) electrons. The van der Waals surface area contributed by atoms with Crippen molar-refractivity contribution in [2.24, 2.45) is 0 Å². The molecule has 2 rings (SSSR count). The SMILES string of the molecule is Cc1ccn(C(CO)c2ccc(F)cc2)c(=O)c1C(=O)O. The summed E-state index contributed by atoms with van der Waals surface area (Å²) in [6.07, 6.45) is 1.42. The minimum Gasteiger partial charge on any atom is -0.477 e. The van der Waals surface area contributed by atoms with Gasteiger partial charge in [-0.05, 0) is 36.2 Å². The quantitative estimate of drug-likeness (QED) is 0.896. The molecule has 0 saturated heterocycles. The van der Waals surface area contributed by atoms with Gasteiger partial charge in [0.15, 0.2) is 0 Å². The summed E-state index contributed by atoms with van der Waals surface area (Å²) in [4.78, 5) is 23.4. The molecule has 0 aliphatic heterocycles. The predicted molar refractivity (Wildman–Crippen MR) is 74.0 cm³/mol. The number of aliphatic hydroxyl groups excluding tert-OH is 1. The van der Waals surface area contributed by atoms with E-state index in [0.717, 1.165) is 4.57 Å². The van der Waals surface area contributed by atoms with Crippen LogP contribution in [-0.2, 0) is 0 Å². The van der Waals surface area contributed by atoms with Crippen LogP contribution in [0.5, 0.6) is 0 Å². The molecular formula is C15H14FNO4. The van der Waals surface area contributed by atoms with E-state index in [1.54, 1.807) is 0 Å². The summed E-state index contributed by atoms with van der Waals surface area (Å²) in [6, 6.07) is 6.06. The number of aryl methyl sites for hydroxylation is 1. The van der Waals surface area contributed by atoms with E-state index in [2.05, 4.69) is 0 Å². The van der Waals surface area contributed by atoms with Gasteiger partial charge in [0.1, 0.15) is 11.4 Å². The Hall–Kier alpha value is -2.47. The third-order valence-corrected chi connectivity index (χ3v) is 3.31. The Morgan fingerprint density at radius 1 is 1.29 bits per heavy atom. The number of aromatic carboxylic acids is 1. The molecule has 0 aliphatic carbocycles. The van der Waals surface area contributed by atoms with Gasteiger partial charge in [-0.25, -0.2) is 9.18 Å². The maximum absolute atomic E-state index is 12.9.